The maximum Gasteiger partial charge on any atom is 0.323 e. The molecule has 0 fully saturated rings. The van der Waals surface area contributed by atoms with E-state index in [0.717, 1.165) is 6.42 Å². The number of benzene rings is 1. The molecule has 0 saturated heterocycles. The van der Waals surface area contributed by atoms with Crippen molar-refractivity contribution in [2.45, 2.75) is 26.3 Å². The number of hydrogen-bond donors (Lipinski definition) is 2. The summed E-state index contributed by atoms with van der Waals surface area (Å²) in [5, 5.41) is 12.3. The first-order valence-corrected chi connectivity index (χ1v) is 6.85. The third-order valence-electron chi connectivity index (χ3n) is 2.86. The number of carboxylic acid groups (broad SMARTS) is 1. The molecular weight excluding hydrogens is 280 g/mol. The van der Waals surface area contributed by atoms with E-state index in [1.54, 1.807) is 31.2 Å². The Morgan fingerprint density at radius 2 is 1.95 bits per heavy atom. The molecule has 110 valence electrons. The van der Waals surface area contributed by atoms with Crippen LogP contribution in [0, 0.1) is 0 Å². The molecule has 0 radical (unpaired) electrons. The lowest BCUT2D eigenvalue weighted by Crippen LogP contribution is -2.47. The molecule has 0 aliphatic heterocycles. The Morgan fingerprint density at radius 1 is 1.35 bits per heavy atom. The number of nitrogens with one attached hydrogen (secondary N) is 1. The van der Waals surface area contributed by atoms with Crippen LogP contribution in [-0.2, 0) is 9.59 Å². The van der Waals surface area contributed by atoms with Gasteiger partial charge < -0.3 is 15.3 Å². The largest absolute Gasteiger partial charge is 0.480 e. The Bertz CT molecular complexity index is 462. The number of rotatable bonds is 7. The maximum absolute atomic E-state index is 12.0. The van der Waals surface area contributed by atoms with Crippen molar-refractivity contribution < 1.29 is 14.7 Å². The second-order valence-electron chi connectivity index (χ2n) is 4.47. The van der Waals surface area contributed by atoms with E-state index in [4.69, 9.17) is 16.7 Å². The van der Waals surface area contributed by atoms with Gasteiger partial charge in [-0.25, -0.2) is 0 Å². The third-order valence-corrected chi connectivity index (χ3v) is 3.11. The van der Waals surface area contributed by atoms with E-state index in [-0.39, 0.29) is 12.5 Å². The van der Waals surface area contributed by atoms with Gasteiger partial charge in [-0.15, -0.1) is 0 Å². The fourth-order valence-corrected chi connectivity index (χ4v) is 1.89. The Morgan fingerprint density at radius 3 is 2.45 bits per heavy atom. The van der Waals surface area contributed by atoms with Crippen molar-refractivity contribution in [2.75, 3.05) is 18.0 Å². The molecule has 1 rings (SSSR count). The van der Waals surface area contributed by atoms with Crippen LogP contribution in [0.2, 0.25) is 5.02 Å². The van der Waals surface area contributed by atoms with Crippen LogP contribution >= 0.6 is 11.6 Å². The van der Waals surface area contributed by atoms with Gasteiger partial charge in [0.25, 0.3) is 0 Å². The van der Waals surface area contributed by atoms with Gasteiger partial charge in [-0.05, 0) is 37.6 Å². The molecule has 0 aliphatic rings. The Labute approximate surface area is 123 Å². The smallest absolute Gasteiger partial charge is 0.323 e. The Balaban J connectivity index is 2.90. The molecule has 1 aromatic carbocycles. The summed E-state index contributed by atoms with van der Waals surface area (Å²) in [6.07, 6.45) is 0.832. The van der Waals surface area contributed by atoms with Crippen LogP contribution in [0.25, 0.3) is 0 Å². The van der Waals surface area contributed by atoms with Crippen LogP contribution in [0.15, 0.2) is 24.3 Å². The molecule has 0 aliphatic carbocycles. The van der Waals surface area contributed by atoms with Gasteiger partial charge in [-0.3, -0.25) is 9.59 Å². The molecule has 1 aromatic rings. The number of amides is 1. The molecule has 0 bridgehead atoms. The SMILES string of the molecule is CCCNC(=O)C(C)N(CC(=O)O)c1ccc(Cl)cc1. The zero-order valence-electron chi connectivity index (χ0n) is 11.6. The topological polar surface area (TPSA) is 69.6 Å². The molecular formula is C14H19ClN2O3. The standard InChI is InChI=1S/C14H19ClN2O3/c1-3-8-16-14(20)10(2)17(9-13(18)19)12-6-4-11(15)5-7-12/h4-7,10H,3,8-9H2,1-2H3,(H,16,20)(H,18,19). The summed E-state index contributed by atoms with van der Waals surface area (Å²) in [6, 6.07) is 6.17. The average molecular weight is 299 g/mol. The van der Waals surface area contributed by atoms with E-state index in [1.165, 1.54) is 4.90 Å². The van der Waals surface area contributed by atoms with Gasteiger partial charge in [0.15, 0.2) is 0 Å². The van der Waals surface area contributed by atoms with Gasteiger partial charge in [0.05, 0.1) is 0 Å². The summed E-state index contributed by atoms with van der Waals surface area (Å²) in [5.74, 6) is -1.18. The number of carbonyl (C=O) groups is 2. The first kappa shape index (κ1) is 16.3. The van der Waals surface area contributed by atoms with Crippen LogP contribution in [0.4, 0.5) is 5.69 Å². The fourth-order valence-electron chi connectivity index (χ4n) is 1.77. The lowest BCUT2D eigenvalue weighted by atomic mass is 10.2. The van der Waals surface area contributed by atoms with Crippen molar-refractivity contribution in [1.29, 1.82) is 0 Å². The molecule has 2 N–H and O–H groups in total. The number of aliphatic carboxylic acids is 1. The van der Waals surface area contributed by atoms with Crippen LogP contribution < -0.4 is 10.2 Å². The molecule has 0 spiro atoms. The normalized spacial score (nSPS) is 11.8. The van der Waals surface area contributed by atoms with Gasteiger partial charge in [0.2, 0.25) is 5.91 Å². The Kier molecular flexibility index (Phi) is 6.31. The van der Waals surface area contributed by atoms with Gasteiger partial charge >= 0.3 is 5.97 Å². The second kappa shape index (κ2) is 7.75. The Hall–Kier alpha value is -1.75. The van der Waals surface area contributed by atoms with E-state index >= 15 is 0 Å². The van der Waals surface area contributed by atoms with Gasteiger partial charge in [-0.1, -0.05) is 18.5 Å². The molecule has 5 nitrogen and oxygen atoms in total. The number of hydrogen-bond acceptors (Lipinski definition) is 3. The zero-order valence-corrected chi connectivity index (χ0v) is 12.4. The molecule has 1 atom stereocenters. The monoisotopic (exact) mass is 298 g/mol. The highest BCUT2D eigenvalue weighted by atomic mass is 35.5. The first-order chi connectivity index (χ1) is 9.45. The van der Waals surface area contributed by atoms with E-state index < -0.39 is 12.0 Å². The van der Waals surface area contributed by atoms with Crippen molar-refractivity contribution in [3.05, 3.63) is 29.3 Å². The van der Waals surface area contributed by atoms with Crippen LogP contribution in [0.3, 0.4) is 0 Å². The quantitative estimate of drug-likeness (QED) is 0.809. The minimum Gasteiger partial charge on any atom is -0.480 e. The van der Waals surface area contributed by atoms with E-state index in [0.29, 0.717) is 17.3 Å². The molecule has 6 heteroatoms. The predicted molar refractivity (Wildman–Crippen MR) is 79.2 cm³/mol. The summed E-state index contributed by atoms with van der Waals surface area (Å²) in [5.41, 5.74) is 0.649. The van der Waals surface area contributed by atoms with Gasteiger partial charge in [-0.2, -0.15) is 0 Å². The minimum absolute atomic E-state index is 0.192. The molecule has 0 heterocycles. The van der Waals surface area contributed by atoms with Crippen molar-refractivity contribution in [1.82, 2.24) is 5.32 Å². The van der Waals surface area contributed by atoms with Crippen LogP contribution in [0.5, 0.6) is 0 Å². The number of carboxylic acids is 1. The molecule has 0 saturated carbocycles. The van der Waals surface area contributed by atoms with Crippen molar-refractivity contribution >= 4 is 29.2 Å². The first-order valence-electron chi connectivity index (χ1n) is 6.47. The van der Waals surface area contributed by atoms with E-state index in [2.05, 4.69) is 5.32 Å². The summed E-state index contributed by atoms with van der Waals surface area (Å²) in [7, 11) is 0. The summed E-state index contributed by atoms with van der Waals surface area (Å²) in [6.45, 7) is 3.97. The van der Waals surface area contributed by atoms with Gasteiger partial charge in [0.1, 0.15) is 12.6 Å². The highest BCUT2D eigenvalue weighted by molar-refractivity contribution is 6.30. The van der Waals surface area contributed by atoms with E-state index in [9.17, 15) is 9.59 Å². The van der Waals surface area contributed by atoms with E-state index in [1.807, 2.05) is 6.92 Å². The van der Waals surface area contributed by atoms with Crippen LogP contribution in [0.1, 0.15) is 20.3 Å². The lowest BCUT2D eigenvalue weighted by Gasteiger charge is -2.29. The highest BCUT2D eigenvalue weighted by Gasteiger charge is 2.23. The highest BCUT2D eigenvalue weighted by Crippen LogP contribution is 2.20. The lowest BCUT2D eigenvalue weighted by molar-refractivity contribution is -0.135. The fraction of sp³-hybridized carbons (Fsp3) is 0.429. The number of carbonyl (C=O) groups excluding carboxylic acids is 1. The zero-order chi connectivity index (χ0) is 15.1. The molecule has 1 unspecified atom stereocenters. The predicted octanol–water partition coefficient (Wildman–Crippen LogP) is 2.15. The molecule has 20 heavy (non-hydrogen) atoms. The minimum atomic E-state index is -0.991. The summed E-state index contributed by atoms with van der Waals surface area (Å²) < 4.78 is 0. The average Bonchev–Trinajstić information content (AvgIpc) is 2.42. The summed E-state index contributed by atoms with van der Waals surface area (Å²) in [4.78, 5) is 24.5. The number of halogens is 1. The number of nitrogens with zero attached hydrogens (tertiary/aromatic N) is 1. The second-order valence-corrected chi connectivity index (χ2v) is 4.90. The van der Waals surface area contributed by atoms with Crippen LogP contribution in [-0.4, -0.2) is 36.1 Å². The van der Waals surface area contributed by atoms with Crippen molar-refractivity contribution in [3.63, 3.8) is 0 Å². The number of anilines is 1. The maximum atomic E-state index is 12.0. The van der Waals surface area contributed by atoms with Crippen molar-refractivity contribution in [2.24, 2.45) is 0 Å². The van der Waals surface area contributed by atoms with Crippen molar-refractivity contribution in [3.8, 4) is 0 Å². The van der Waals surface area contributed by atoms with Gasteiger partial charge in [0, 0.05) is 17.3 Å². The summed E-state index contributed by atoms with van der Waals surface area (Å²) >= 11 is 5.82. The third kappa shape index (κ3) is 4.74. The molecule has 0 aromatic heterocycles. The molecule has 1 amide bonds.